The molecule has 0 spiro atoms. The summed E-state index contributed by atoms with van der Waals surface area (Å²) < 4.78 is 0. The van der Waals surface area contributed by atoms with Crippen molar-refractivity contribution in [1.29, 1.82) is 0 Å². The fourth-order valence-electron chi connectivity index (χ4n) is 1.96. The van der Waals surface area contributed by atoms with Crippen molar-refractivity contribution in [2.24, 2.45) is 5.92 Å². The average Bonchev–Trinajstić information content (AvgIpc) is 2.67. The predicted octanol–water partition coefficient (Wildman–Crippen LogP) is 0.909. The van der Waals surface area contributed by atoms with E-state index in [9.17, 15) is 0 Å². The second-order valence-electron chi connectivity index (χ2n) is 3.97. The zero-order valence-electron chi connectivity index (χ0n) is 8.71. The van der Waals surface area contributed by atoms with Crippen LogP contribution in [0.5, 0.6) is 0 Å². The molecule has 0 aromatic carbocycles. The Hall–Kier alpha value is -0.900. The van der Waals surface area contributed by atoms with Crippen molar-refractivity contribution >= 4 is 0 Å². The molecule has 1 aromatic heterocycles. The molecule has 0 saturated carbocycles. The summed E-state index contributed by atoms with van der Waals surface area (Å²) in [6.07, 6.45) is 4.56. The minimum Gasteiger partial charge on any atom is -0.316 e. The summed E-state index contributed by atoms with van der Waals surface area (Å²) in [6, 6.07) is 0. The number of nitrogens with zero attached hydrogens (tertiary/aromatic N) is 2. The van der Waals surface area contributed by atoms with Gasteiger partial charge in [-0.15, -0.1) is 0 Å². The first-order valence-corrected chi connectivity index (χ1v) is 5.49. The molecule has 2 heterocycles. The molecule has 4 heteroatoms. The summed E-state index contributed by atoms with van der Waals surface area (Å²) in [5, 5.41) is 10.6. The maximum absolute atomic E-state index is 4.43. The topological polar surface area (TPSA) is 53.6 Å². The van der Waals surface area contributed by atoms with Crippen LogP contribution in [0.1, 0.15) is 31.4 Å². The van der Waals surface area contributed by atoms with E-state index in [4.69, 9.17) is 0 Å². The van der Waals surface area contributed by atoms with Crippen LogP contribution in [0.15, 0.2) is 0 Å². The lowest BCUT2D eigenvalue weighted by Gasteiger charge is -2.21. The van der Waals surface area contributed by atoms with Gasteiger partial charge in [0.1, 0.15) is 11.6 Å². The molecule has 1 fully saturated rings. The van der Waals surface area contributed by atoms with Gasteiger partial charge in [-0.25, -0.2) is 4.98 Å². The molecule has 2 N–H and O–H groups in total. The van der Waals surface area contributed by atoms with Gasteiger partial charge in [0.25, 0.3) is 0 Å². The van der Waals surface area contributed by atoms with Gasteiger partial charge in [-0.05, 0) is 31.8 Å². The summed E-state index contributed by atoms with van der Waals surface area (Å²) in [6.45, 7) is 4.38. The van der Waals surface area contributed by atoms with E-state index in [0.717, 1.165) is 37.0 Å². The number of hydrogen-bond donors (Lipinski definition) is 2. The molecule has 78 valence electrons. The quantitative estimate of drug-likeness (QED) is 0.752. The summed E-state index contributed by atoms with van der Waals surface area (Å²) in [7, 11) is 0. The number of aromatic amines is 1. The molecule has 1 aliphatic heterocycles. The maximum Gasteiger partial charge on any atom is 0.150 e. The first-order valence-electron chi connectivity index (χ1n) is 5.49. The highest BCUT2D eigenvalue weighted by molar-refractivity contribution is 4.92. The Labute approximate surface area is 84.5 Å². The van der Waals surface area contributed by atoms with Gasteiger partial charge in [0.05, 0.1) is 0 Å². The van der Waals surface area contributed by atoms with E-state index >= 15 is 0 Å². The first-order chi connectivity index (χ1) is 6.88. The van der Waals surface area contributed by atoms with Crippen LogP contribution in [0, 0.1) is 5.92 Å². The van der Waals surface area contributed by atoms with Gasteiger partial charge in [0.2, 0.25) is 0 Å². The second-order valence-corrected chi connectivity index (χ2v) is 3.97. The fraction of sp³-hybridized carbons (Fsp3) is 0.800. The van der Waals surface area contributed by atoms with Gasteiger partial charge in [-0.1, -0.05) is 6.92 Å². The smallest absolute Gasteiger partial charge is 0.150 e. The van der Waals surface area contributed by atoms with Crippen molar-refractivity contribution in [2.45, 2.75) is 32.6 Å². The summed E-state index contributed by atoms with van der Waals surface area (Å²) >= 11 is 0. The molecule has 0 aliphatic carbocycles. The van der Waals surface area contributed by atoms with Crippen LogP contribution in [-0.4, -0.2) is 28.3 Å². The van der Waals surface area contributed by atoms with Crippen LogP contribution in [0.3, 0.4) is 0 Å². The largest absolute Gasteiger partial charge is 0.316 e. The Morgan fingerprint density at radius 2 is 2.43 bits per heavy atom. The predicted molar refractivity (Wildman–Crippen MR) is 55.1 cm³/mol. The average molecular weight is 194 g/mol. The SMILES string of the molecule is CCc1n[nH]c(CC2CCCNC2)n1. The molecule has 1 aliphatic rings. The van der Waals surface area contributed by atoms with Gasteiger partial charge in [-0.2, -0.15) is 5.10 Å². The minimum atomic E-state index is 0.737. The molecule has 0 bridgehead atoms. The van der Waals surface area contributed by atoms with E-state index in [1.165, 1.54) is 19.4 Å². The Bertz CT molecular complexity index is 275. The van der Waals surface area contributed by atoms with Crippen LogP contribution < -0.4 is 5.32 Å². The molecular weight excluding hydrogens is 176 g/mol. The molecule has 1 saturated heterocycles. The highest BCUT2D eigenvalue weighted by atomic mass is 15.2. The molecule has 2 rings (SSSR count). The van der Waals surface area contributed by atoms with Crippen molar-refractivity contribution in [3.8, 4) is 0 Å². The molecule has 1 aromatic rings. The number of hydrogen-bond acceptors (Lipinski definition) is 3. The molecular formula is C10H18N4. The van der Waals surface area contributed by atoms with E-state index in [-0.39, 0.29) is 0 Å². The normalized spacial score (nSPS) is 22.5. The number of nitrogens with one attached hydrogen (secondary N) is 2. The standard InChI is InChI=1S/C10H18N4/c1-2-9-12-10(14-13-9)6-8-4-3-5-11-7-8/h8,11H,2-7H2,1H3,(H,12,13,14). The Kier molecular flexibility index (Phi) is 3.14. The van der Waals surface area contributed by atoms with E-state index in [2.05, 4.69) is 27.4 Å². The highest BCUT2D eigenvalue weighted by Crippen LogP contribution is 2.13. The Balaban J connectivity index is 1.89. The van der Waals surface area contributed by atoms with Crippen LogP contribution in [0.4, 0.5) is 0 Å². The van der Waals surface area contributed by atoms with Crippen LogP contribution in [0.2, 0.25) is 0 Å². The summed E-state index contributed by atoms with van der Waals surface area (Å²) in [5.41, 5.74) is 0. The lowest BCUT2D eigenvalue weighted by molar-refractivity contribution is 0.371. The number of piperidine rings is 1. The van der Waals surface area contributed by atoms with Crippen LogP contribution >= 0.6 is 0 Å². The molecule has 1 atom stereocenters. The molecule has 4 nitrogen and oxygen atoms in total. The third-order valence-corrected chi connectivity index (χ3v) is 2.78. The second kappa shape index (κ2) is 4.55. The van der Waals surface area contributed by atoms with Gasteiger partial charge >= 0.3 is 0 Å². The third-order valence-electron chi connectivity index (χ3n) is 2.78. The number of H-pyrrole nitrogens is 1. The van der Waals surface area contributed by atoms with Crippen LogP contribution in [-0.2, 0) is 12.8 Å². The van der Waals surface area contributed by atoms with Crippen LogP contribution in [0.25, 0.3) is 0 Å². The van der Waals surface area contributed by atoms with Crippen molar-refractivity contribution < 1.29 is 0 Å². The number of aryl methyl sites for hydroxylation is 1. The summed E-state index contributed by atoms with van der Waals surface area (Å²) in [5.74, 6) is 2.72. The van der Waals surface area contributed by atoms with Crippen molar-refractivity contribution in [3.63, 3.8) is 0 Å². The maximum atomic E-state index is 4.43. The van der Waals surface area contributed by atoms with Gasteiger partial charge in [0, 0.05) is 12.8 Å². The summed E-state index contributed by atoms with van der Waals surface area (Å²) in [4.78, 5) is 4.43. The van der Waals surface area contributed by atoms with Gasteiger partial charge < -0.3 is 5.32 Å². The van der Waals surface area contributed by atoms with E-state index in [0.29, 0.717) is 0 Å². The zero-order chi connectivity index (χ0) is 9.80. The third kappa shape index (κ3) is 2.32. The number of rotatable bonds is 3. The lowest BCUT2D eigenvalue weighted by atomic mass is 9.96. The Morgan fingerprint density at radius 1 is 1.50 bits per heavy atom. The van der Waals surface area contributed by atoms with E-state index in [1.54, 1.807) is 0 Å². The van der Waals surface area contributed by atoms with Gasteiger partial charge in [0.15, 0.2) is 0 Å². The molecule has 1 unspecified atom stereocenters. The monoisotopic (exact) mass is 194 g/mol. The van der Waals surface area contributed by atoms with Crippen molar-refractivity contribution in [3.05, 3.63) is 11.6 Å². The zero-order valence-corrected chi connectivity index (χ0v) is 8.71. The minimum absolute atomic E-state index is 0.737. The lowest BCUT2D eigenvalue weighted by Crippen LogP contribution is -2.31. The number of aromatic nitrogens is 3. The van der Waals surface area contributed by atoms with Gasteiger partial charge in [-0.3, -0.25) is 5.10 Å². The molecule has 14 heavy (non-hydrogen) atoms. The van der Waals surface area contributed by atoms with E-state index < -0.39 is 0 Å². The first kappa shape index (κ1) is 9.65. The molecule has 0 amide bonds. The van der Waals surface area contributed by atoms with Crippen molar-refractivity contribution in [2.75, 3.05) is 13.1 Å². The Morgan fingerprint density at radius 3 is 3.07 bits per heavy atom. The molecule has 0 radical (unpaired) electrons. The van der Waals surface area contributed by atoms with Crippen molar-refractivity contribution in [1.82, 2.24) is 20.5 Å². The highest BCUT2D eigenvalue weighted by Gasteiger charge is 2.15. The van der Waals surface area contributed by atoms with E-state index in [1.807, 2.05) is 0 Å². The fourth-order valence-corrected chi connectivity index (χ4v) is 1.96.